The third-order valence-corrected chi connectivity index (χ3v) is 3.19. The smallest absolute Gasteiger partial charge is 0.363 e. The Bertz CT molecular complexity index is 738. The zero-order valence-electron chi connectivity index (χ0n) is 12.0. The van der Waals surface area contributed by atoms with E-state index in [1.807, 2.05) is 56.3 Å². The van der Waals surface area contributed by atoms with Crippen molar-refractivity contribution in [2.24, 2.45) is 4.99 Å². The molecule has 1 aliphatic rings. The van der Waals surface area contributed by atoms with Crippen LogP contribution in [-0.2, 0) is 9.53 Å². The van der Waals surface area contributed by atoms with Gasteiger partial charge in [-0.3, -0.25) is 0 Å². The molecule has 0 aromatic heterocycles. The molecule has 3 rings (SSSR count). The number of cyclic esters (lactones) is 1. The number of carbonyl (C=O) groups excluding carboxylic acids is 1. The van der Waals surface area contributed by atoms with Gasteiger partial charge in [0, 0.05) is 5.56 Å². The fraction of sp³-hybridized carbons (Fsp3) is 0.111. The molecule has 0 bridgehead atoms. The lowest BCUT2D eigenvalue weighted by Gasteiger charge is -2.00. The highest BCUT2D eigenvalue weighted by atomic mass is 16.6. The number of hydrogen-bond donors (Lipinski definition) is 0. The molecule has 0 fully saturated rings. The van der Waals surface area contributed by atoms with Gasteiger partial charge in [0.05, 0.1) is 0 Å². The van der Waals surface area contributed by atoms with E-state index >= 15 is 0 Å². The number of aliphatic imine (C=N–C) groups is 1. The molecule has 3 nitrogen and oxygen atoms in total. The molecule has 0 N–H and O–H groups in total. The maximum absolute atomic E-state index is 11.9. The minimum Gasteiger partial charge on any atom is -0.402 e. The molecule has 104 valence electrons. The van der Waals surface area contributed by atoms with Gasteiger partial charge < -0.3 is 4.74 Å². The van der Waals surface area contributed by atoms with Crippen molar-refractivity contribution in [3.8, 4) is 0 Å². The van der Waals surface area contributed by atoms with Gasteiger partial charge in [0.15, 0.2) is 5.70 Å². The third kappa shape index (κ3) is 2.92. The van der Waals surface area contributed by atoms with E-state index in [9.17, 15) is 4.79 Å². The van der Waals surface area contributed by atoms with Crippen molar-refractivity contribution >= 4 is 17.9 Å². The number of carbonyl (C=O) groups is 1. The predicted octanol–water partition coefficient (Wildman–Crippen LogP) is 3.65. The minimum atomic E-state index is -0.409. The van der Waals surface area contributed by atoms with E-state index in [0.717, 1.165) is 22.3 Å². The summed E-state index contributed by atoms with van der Waals surface area (Å²) in [7, 11) is 0. The first-order valence-electron chi connectivity index (χ1n) is 6.78. The Morgan fingerprint density at radius 1 is 1.00 bits per heavy atom. The van der Waals surface area contributed by atoms with Crippen LogP contribution < -0.4 is 0 Å². The lowest BCUT2D eigenvalue weighted by molar-refractivity contribution is -0.129. The van der Waals surface area contributed by atoms with Crippen LogP contribution in [0.1, 0.15) is 22.3 Å². The van der Waals surface area contributed by atoms with Gasteiger partial charge in [0.25, 0.3) is 0 Å². The van der Waals surface area contributed by atoms with Crippen LogP contribution in [0.3, 0.4) is 0 Å². The van der Waals surface area contributed by atoms with Crippen molar-refractivity contribution in [3.63, 3.8) is 0 Å². The molecule has 0 unspecified atom stereocenters. The highest BCUT2D eigenvalue weighted by Gasteiger charge is 2.23. The molecule has 1 aliphatic heterocycles. The molecule has 0 spiro atoms. The normalized spacial score (nSPS) is 16.0. The minimum absolute atomic E-state index is 0.332. The van der Waals surface area contributed by atoms with E-state index in [1.165, 1.54) is 0 Å². The van der Waals surface area contributed by atoms with Gasteiger partial charge in [0.2, 0.25) is 5.90 Å². The van der Waals surface area contributed by atoms with Crippen molar-refractivity contribution in [3.05, 3.63) is 76.5 Å². The van der Waals surface area contributed by atoms with Crippen molar-refractivity contribution < 1.29 is 9.53 Å². The van der Waals surface area contributed by atoms with Crippen molar-refractivity contribution in [1.29, 1.82) is 0 Å². The second-order valence-corrected chi connectivity index (χ2v) is 5.12. The summed E-state index contributed by atoms with van der Waals surface area (Å²) >= 11 is 0. The SMILES string of the molecule is Cc1cc(C)cc(/C=C2/N=C(c3ccccc3)OC2=O)c1. The Balaban J connectivity index is 1.97. The number of aryl methyl sites for hydroxylation is 2. The van der Waals surface area contributed by atoms with Crippen LogP contribution in [-0.4, -0.2) is 11.9 Å². The summed E-state index contributed by atoms with van der Waals surface area (Å²) in [6, 6.07) is 15.5. The molecule has 0 radical (unpaired) electrons. The summed E-state index contributed by atoms with van der Waals surface area (Å²) in [5.74, 6) is -0.0516. The second kappa shape index (κ2) is 5.37. The standard InChI is InChI=1S/C18H15NO2/c1-12-8-13(2)10-14(9-12)11-16-18(20)21-17(19-16)15-6-4-3-5-7-15/h3-11H,1-2H3/b16-11+. The first kappa shape index (κ1) is 13.3. The maximum atomic E-state index is 11.9. The van der Waals surface area contributed by atoms with E-state index in [2.05, 4.69) is 11.1 Å². The van der Waals surface area contributed by atoms with Gasteiger partial charge in [-0.1, -0.05) is 47.5 Å². The number of ether oxygens (including phenoxy) is 1. The van der Waals surface area contributed by atoms with Crippen LogP contribution in [0, 0.1) is 13.8 Å². The molecule has 0 atom stereocenters. The second-order valence-electron chi connectivity index (χ2n) is 5.12. The van der Waals surface area contributed by atoms with E-state index in [0.29, 0.717) is 11.6 Å². The highest BCUT2D eigenvalue weighted by Crippen LogP contribution is 2.20. The van der Waals surface area contributed by atoms with Crippen LogP contribution in [0.15, 0.2) is 59.2 Å². The van der Waals surface area contributed by atoms with Crippen molar-refractivity contribution in [1.82, 2.24) is 0 Å². The Morgan fingerprint density at radius 2 is 1.67 bits per heavy atom. The number of rotatable bonds is 2. The first-order chi connectivity index (χ1) is 10.1. The fourth-order valence-corrected chi connectivity index (χ4v) is 2.36. The molecule has 3 heteroatoms. The first-order valence-corrected chi connectivity index (χ1v) is 6.78. The number of nitrogens with zero attached hydrogens (tertiary/aromatic N) is 1. The predicted molar refractivity (Wildman–Crippen MR) is 83.0 cm³/mol. The van der Waals surface area contributed by atoms with Gasteiger partial charge in [-0.15, -0.1) is 0 Å². The van der Waals surface area contributed by atoms with Crippen LogP contribution in [0.2, 0.25) is 0 Å². The molecule has 21 heavy (non-hydrogen) atoms. The molecular formula is C18H15NO2. The van der Waals surface area contributed by atoms with Gasteiger partial charge in [-0.2, -0.15) is 0 Å². The lowest BCUT2D eigenvalue weighted by Crippen LogP contribution is -2.04. The number of esters is 1. The van der Waals surface area contributed by atoms with E-state index < -0.39 is 5.97 Å². The molecule has 0 saturated carbocycles. The van der Waals surface area contributed by atoms with E-state index in [4.69, 9.17) is 4.74 Å². The number of hydrogen-bond acceptors (Lipinski definition) is 3. The largest absolute Gasteiger partial charge is 0.402 e. The highest BCUT2D eigenvalue weighted by molar-refractivity contribution is 6.12. The van der Waals surface area contributed by atoms with Crippen molar-refractivity contribution in [2.75, 3.05) is 0 Å². The Labute approximate surface area is 123 Å². The quantitative estimate of drug-likeness (QED) is 0.621. The summed E-state index contributed by atoms with van der Waals surface area (Å²) in [5, 5.41) is 0. The van der Waals surface area contributed by atoms with Crippen LogP contribution in [0.25, 0.3) is 6.08 Å². The Kier molecular flexibility index (Phi) is 3.40. The van der Waals surface area contributed by atoms with E-state index in [1.54, 1.807) is 6.08 Å². The molecule has 2 aromatic rings. The van der Waals surface area contributed by atoms with Gasteiger partial charge in [-0.25, -0.2) is 9.79 Å². The van der Waals surface area contributed by atoms with Crippen LogP contribution in [0.5, 0.6) is 0 Å². The molecule has 0 aliphatic carbocycles. The molecule has 2 aromatic carbocycles. The molecule has 0 saturated heterocycles. The summed E-state index contributed by atoms with van der Waals surface area (Å²) in [6.45, 7) is 4.06. The molecule has 0 amide bonds. The average molecular weight is 277 g/mol. The lowest BCUT2D eigenvalue weighted by atomic mass is 10.1. The van der Waals surface area contributed by atoms with Gasteiger partial charge in [0.1, 0.15) is 0 Å². The summed E-state index contributed by atoms with van der Waals surface area (Å²) in [6.07, 6.45) is 1.76. The van der Waals surface area contributed by atoms with Crippen LogP contribution in [0.4, 0.5) is 0 Å². The summed E-state index contributed by atoms with van der Waals surface area (Å²) < 4.78 is 5.24. The topological polar surface area (TPSA) is 38.7 Å². The zero-order valence-corrected chi connectivity index (χ0v) is 12.0. The van der Waals surface area contributed by atoms with Gasteiger partial charge in [-0.05, 0) is 37.6 Å². The summed E-state index contributed by atoms with van der Waals surface area (Å²) in [4.78, 5) is 16.2. The molecular weight excluding hydrogens is 262 g/mol. The monoisotopic (exact) mass is 277 g/mol. The third-order valence-electron chi connectivity index (χ3n) is 3.19. The summed E-state index contributed by atoms with van der Waals surface area (Å²) in [5.41, 5.74) is 4.40. The van der Waals surface area contributed by atoms with Gasteiger partial charge >= 0.3 is 5.97 Å². The number of benzene rings is 2. The molecule has 1 heterocycles. The average Bonchev–Trinajstić information content (AvgIpc) is 2.80. The Hall–Kier alpha value is -2.68. The fourth-order valence-electron chi connectivity index (χ4n) is 2.36. The van der Waals surface area contributed by atoms with Crippen molar-refractivity contribution in [2.45, 2.75) is 13.8 Å². The Morgan fingerprint density at radius 3 is 2.33 bits per heavy atom. The van der Waals surface area contributed by atoms with E-state index in [-0.39, 0.29) is 0 Å². The zero-order chi connectivity index (χ0) is 14.8. The maximum Gasteiger partial charge on any atom is 0.363 e. The van der Waals surface area contributed by atoms with Crippen LogP contribution >= 0.6 is 0 Å².